The quantitative estimate of drug-likeness (QED) is 0.300. The maximum Gasteiger partial charge on any atom is 0.341 e. The standard InChI is InChI=1S/C30H31ClO5/c1-4-27-25(20-10-12-21(31)13-11-20)17-24(19(2)3)30(36-27)26-16-23(35-22-8-6-5-7-9-22)14-15-28(26)34-18-29(32)33/h5-16,24-25,27,30H,2,4,17-18H2,1,3H3,(H,32,33)/t24-,25-,27+,30+/m1/s1. The number of para-hydroxylation sites is 1. The van der Waals surface area contributed by atoms with Gasteiger partial charge in [-0.2, -0.15) is 0 Å². The van der Waals surface area contributed by atoms with E-state index in [4.69, 9.17) is 25.8 Å². The Hall–Kier alpha value is -3.28. The van der Waals surface area contributed by atoms with Gasteiger partial charge in [0.2, 0.25) is 0 Å². The Morgan fingerprint density at radius 2 is 1.81 bits per heavy atom. The minimum Gasteiger partial charge on any atom is -0.482 e. The number of carboxylic acids is 1. The first-order valence-electron chi connectivity index (χ1n) is 12.1. The van der Waals surface area contributed by atoms with Crippen molar-refractivity contribution >= 4 is 17.6 Å². The molecule has 36 heavy (non-hydrogen) atoms. The first-order valence-corrected chi connectivity index (χ1v) is 12.5. The molecule has 1 heterocycles. The maximum absolute atomic E-state index is 11.3. The summed E-state index contributed by atoms with van der Waals surface area (Å²) in [5.41, 5.74) is 2.93. The zero-order chi connectivity index (χ0) is 25.7. The predicted molar refractivity (Wildman–Crippen MR) is 141 cm³/mol. The van der Waals surface area contributed by atoms with Crippen LogP contribution in [0.2, 0.25) is 5.02 Å². The Kier molecular flexibility index (Phi) is 8.34. The van der Waals surface area contributed by atoms with Gasteiger partial charge in [-0.05, 0) is 67.8 Å². The highest BCUT2D eigenvalue weighted by atomic mass is 35.5. The summed E-state index contributed by atoms with van der Waals surface area (Å²) in [6.45, 7) is 7.95. The highest BCUT2D eigenvalue weighted by Crippen LogP contribution is 2.49. The van der Waals surface area contributed by atoms with E-state index in [1.54, 1.807) is 12.1 Å². The molecule has 188 valence electrons. The van der Waals surface area contributed by atoms with Gasteiger partial charge in [0.15, 0.2) is 6.61 Å². The normalized spacial score (nSPS) is 21.5. The van der Waals surface area contributed by atoms with E-state index in [9.17, 15) is 9.90 Å². The largest absolute Gasteiger partial charge is 0.482 e. The molecule has 3 aromatic rings. The Morgan fingerprint density at radius 1 is 1.08 bits per heavy atom. The zero-order valence-corrected chi connectivity index (χ0v) is 21.3. The van der Waals surface area contributed by atoms with Crippen LogP contribution in [-0.2, 0) is 9.53 Å². The second-order valence-electron chi connectivity index (χ2n) is 9.15. The average molecular weight is 507 g/mol. The van der Waals surface area contributed by atoms with Gasteiger partial charge in [0, 0.05) is 22.4 Å². The summed E-state index contributed by atoms with van der Waals surface area (Å²) < 4.78 is 18.5. The van der Waals surface area contributed by atoms with Crippen molar-refractivity contribution in [2.24, 2.45) is 5.92 Å². The van der Waals surface area contributed by atoms with Crippen LogP contribution in [0.3, 0.4) is 0 Å². The smallest absolute Gasteiger partial charge is 0.341 e. The molecule has 1 fully saturated rings. The Bertz CT molecular complexity index is 1190. The van der Waals surface area contributed by atoms with Gasteiger partial charge in [0.05, 0.1) is 12.2 Å². The monoisotopic (exact) mass is 506 g/mol. The molecule has 0 radical (unpaired) electrons. The molecule has 4 atom stereocenters. The second-order valence-corrected chi connectivity index (χ2v) is 9.58. The van der Waals surface area contributed by atoms with Crippen molar-refractivity contribution in [1.82, 2.24) is 0 Å². The molecular weight excluding hydrogens is 476 g/mol. The van der Waals surface area contributed by atoms with Crippen LogP contribution in [0.4, 0.5) is 0 Å². The van der Waals surface area contributed by atoms with Crippen molar-refractivity contribution in [3.8, 4) is 17.2 Å². The van der Waals surface area contributed by atoms with Crippen molar-refractivity contribution in [3.63, 3.8) is 0 Å². The van der Waals surface area contributed by atoms with Gasteiger partial charge in [-0.25, -0.2) is 4.79 Å². The first kappa shape index (κ1) is 25.8. The third-order valence-corrected chi connectivity index (χ3v) is 6.85. The molecule has 0 aliphatic carbocycles. The number of hydrogen-bond donors (Lipinski definition) is 1. The van der Waals surface area contributed by atoms with E-state index in [0.717, 1.165) is 24.0 Å². The van der Waals surface area contributed by atoms with Crippen molar-refractivity contribution in [2.45, 2.75) is 44.8 Å². The minimum atomic E-state index is -1.04. The SMILES string of the molecule is C=C(C)[C@H]1C[C@H](c2ccc(Cl)cc2)[C@H](CC)O[C@@H]1c1cc(Oc2ccccc2)ccc1OCC(=O)O. The zero-order valence-electron chi connectivity index (χ0n) is 20.5. The fourth-order valence-electron chi connectivity index (χ4n) is 4.83. The van der Waals surface area contributed by atoms with Gasteiger partial charge in [0.25, 0.3) is 0 Å². The van der Waals surface area contributed by atoms with E-state index in [1.165, 1.54) is 5.56 Å². The van der Waals surface area contributed by atoms with Crippen LogP contribution in [0, 0.1) is 5.92 Å². The first-order chi connectivity index (χ1) is 17.4. The molecule has 0 spiro atoms. The highest BCUT2D eigenvalue weighted by molar-refractivity contribution is 6.30. The van der Waals surface area contributed by atoms with Crippen LogP contribution in [0.5, 0.6) is 17.2 Å². The third kappa shape index (κ3) is 6.10. The number of ether oxygens (including phenoxy) is 3. The molecule has 0 aromatic heterocycles. The van der Waals surface area contributed by atoms with E-state index in [2.05, 4.69) is 25.6 Å². The van der Waals surface area contributed by atoms with Crippen LogP contribution in [-0.4, -0.2) is 23.8 Å². The van der Waals surface area contributed by atoms with Crippen molar-refractivity contribution < 1.29 is 24.1 Å². The summed E-state index contributed by atoms with van der Waals surface area (Å²) in [6, 6.07) is 22.9. The minimum absolute atomic E-state index is 0.00682. The molecule has 0 bridgehead atoms. The number of rotatable bonds is 9. The summed E-state index contributed by atoms with van der Waals surface area (Å²) in [7, 11) is 0. The highest BCUT2D eigenvalue weighted by Gasteiger charge is 2.40. The fraction of sp³-hybridized carbons (Fsp3) is 0.300. The average Bonchev–Trinajstić information content (AvgIpc) is 2.88. The molecule has 1 aliphatic heterocycles. The molecule has 0 unspecified atom stereocenters. The van der Waals surface area contributed by atoms with Crippen LogP contribution < -0.4 is 9.47 Å². The molecular formula is C30H31ClO5. The summed E-state index contributed by atoms with van der Waals surface area (Å²) >= 11 is 6.13. The van der Waals surface area contributed by atoms with Crippen LogP contribution >= 0.6 is 11.6 Å². The fourth-order valence-corrected chi connectivity index (χ4v) is 4.95. The van der Waals surface area contributed by atoms with Crippen LogP contribution in [0.1, 0.15) is 49.8 Å². The van der Waals surface area contributed by atoms with Gasteiger partial charge in [-0.3, -0.25) is 0 Å². The van der Waals surface area contributed by atoms with Crippen molar-refractivity contribution in [3.05, 3.63) is 101 Å². The number of halogens is 1. The number of carboxylic acid groups (broad SMARTS) is 1. The molecule has 6 heteroatoms. The van der Waals surface area contributed by atoms with E-state index in [1.807, 2.05) is 55.5 Å². The summed E-state index contributed by atoms with van der Waals surface area (Å²) in [4.78, 5) is 11.3. The molecule has 1 aliphatic rings. The lowest BCUT2D eigenvalue weighted by Crippen LogP contribution is -2.36. The maximum atomic E-state index is 11.3. The Balaban J connectivity index is 1.71. The summed E-state index contributed by atoms with van der Waals surface area (Å²) in [6.07, 6.45) is 1.25. The van der Waals surface area contributed by atoms with Gasteiger partial charge >= 0.3 is 5.97 Å². The van der Waals surface area contributed by atoms with Gasteiger partial charge < -0.3 is 19.3 Å². The molecule has 0 amide bonds. The molecule has 0 saturated carbocycles. The molecule has 1 saturated heterocycles. The number of hydrogen-bond acceptors (Lipinski definition) is 4. The predicted octanol–water partition coefficient (Wildman–Crippen LogP) is 7.81. The molecule has 5 nitrogen and oxygen atoms in total. The van der Waals surface area contributed by atoms with E-state index >= 15 is 0 Å². The number of aliphatic carboxylic acids is 1. The molecule has 1 N–H and O–H groups in total. The molecule has 3 aromatic carbocycles. The van der Waals surface area contributed by atoms with Gasteiger partial charge in [-0.15, -0.1) is 0 Å². The van der Waals surface area contributed by atoms with Crippen LogP contribution in [0.25, 0.3) is 0 Å². The number of benzene rings is 3. The topological polar surface area (TPSA) is 65.0 Å². The summed E-state index contributed by atoms with van der Waals surface area (Å²) in [5.74, 6) is 0.924. The number of carbonyl (C=O) groups is 1. The lowest BCUT2D eigenvalue weighted by molar-refractivity contribution is -0.139. The lowest BCUT2D eigenvalue weighted by Gasteiger charge is -2.43. The van der Waals surface area contributed by atoms with Crippen LogP contribution in [0.15, 0.2) is 84.9 Å². The molecule has 4 rings (SSSR count). The van der Waals surface area contributed by atoms with E-state index in [-0.39, 0.29) is 24.0 Å². The summed E-state index contributed by atoms with van der Waals surface area (Å²) in [5, 5.41) is 9.92. The van der Waals surface area contributed by atoms with Gasteiger partial charge in [0.1, 0.15) is 17.2 Å². The lowest BCUT2D eigenvalue weighted by atomic mass is 9.75. The van der Waals surface area contributed by atoms with E-state index < -0.39 is 12.6 Å². The van der Waals surface area contributed by atoms with E-state index in [0.29, 0.717) is 22.3 Å². The van der Waals surface area contributed by atoms with Crippen molar-refractivity contribution in [1.29, 1.82) is 0 Å². The Morgan fingerprint density at radius 3 is 2.44 bits per heavy atom. The van der Waals surface area contributed by atoms with Crippen molar-refractivity contribution in [2.75, 3.05) is 6.61 Å². The Labute approximate surface area is 217 Å². The second kappa shape index (κ2) is 11.6. The van der Waals surface area contributed by atoms with Gasteiger partial charge in [-0.1, -0.05) is 61.0 Å². The third-order valence-electron chi connectivity index (χ3n) is 6.59.